The molecule has 5 rings (SSSR count). The number of nitrogen functional groups attached to an aromatic ring is 1. The molecule has 164 valence electrons. The van der Waals surface area contributed by atoms with Gasteiger partial charge in [0.2, 0.25) is 0 Å². The van der Waals surface area contributed by atoms with E-state index in [-0.39, 0.29) is 12.1 Å². The lowest BCUT2D eigenvalue weighted by Crippen LogP contribution is -2.19. The van der Waals surface area contributed by atoms with Gasteiger partial charge in [-0.05, 0) is 44.7 Å². The van der Waals surface area contributed by atoms with Gasteiger partial charge in [-0.25, -0.2) is 19.6 Å². The first-order valence-corrected chi connectivity index (χ1v) is 11.0. The second kappa shape index (κ2) is 8.20. The molecule has 4 N–H and O–H groups in total. The average molecular weight is 430 g/mol. The number of aliphatic hydroxyl groups is 1. The molecule has 1 aliphatic rings. The van der Waals surface area contributed by atoms with E-state index >= 15 is 0 Å². The molecule has 8 nitrogen and oxygen atoms in total. The van der Waals surface area contributed by atoms with Crippen LogP contribution in [-0.2, 0) is 6.42 Å². The van der Waals surface area contributed by atoms with Crippen LogP contribution in [0.2, 0.25) is 0 Å². The zero-order valence-electron chi connectivity index (χ0n) is 18.3. The molecule has 3 aromatic heterocycles. The Labute approximate surface area is 186 Å². The molecule has 0 bridgehead atoms. The number of nitrogens with one attached hydrogen (secondary N) is 1. The van der Waals surface area contributed by atoms with Gasteiger partial charge >= 0.3 is 0 Å². The molecule has 1 aromatic carbocycles. The lowest BCUT2D eigenvalue weighted by Gasteiger charge is -2.17. The van der Waals surface area contributed by atoms with E-state index in [1.165, 1.54) is 5.56 Å². The SMILES string of the molecule is CCc1nc2c(N)ncc(-c3cnn(-c4ccc(C)cc4)c3)c2nc1N[C@@H]1CC[C@H](O)C1. The van der Waals surface area contributed by atoms with Crippen molar-refractivity contribution in [2.75, 3.05) is 11.1 Å². The first kappa shape index (κ1) is 20.4. The fraction of sp³-hybridized carbons (Fsp3) is 0.333. The predicted molar refractivity (Wildman–Crippen MR) is 126 cm³/mol. The minimum absolute atomic E-state index is 0.189. The number of aliphatic hydroxyl groups excluding tert-OH is 1. The fourth-order valence-electron chi connectivity index (χ4n) is 4.25. The van der Waals surface area contributed by atoms with E-state index in [0.717, 1.165) is 54.0 Å². The molecule has 8 heteroatoms. The van der Waals surface area contributed by atoms with Gasteiger partial charge in [-0.1, -0.05) is 24.6 Å². The van der Waals surface area contributed by atoms with Crippen molar-refractivity contribution in [2.45, 2.75) is 51.7 Å². The smallest absolute Gasteiger partial charge is 0.151 e. The second-order valence-corrected chi connectivity index (χ2v) is 8.44. The average Bonchev–Trinajstić information content (AvgIpc) is 3.43. The molecule has 2 atom stereocenters. The second-order valence-electron chi connectivity index (χ2n) is 8.44. The lowest BCUT2D eigenvalue weighted by atomic mass is 10.1. The summed E-state index contributed by atoms with van der Waals surface area (Å²) in [6.45, 7) is 4.11. The number of benzene rings is 1. The van der Waals surface area contributed by atoms with Gasteiger partial charge in [0.1, 0.15) is 16.9 Å². The monoisotopic (exact) mass is 429 g/mol. The van der Waals surface area contributed by atoms with Crippen LogP contribution in [0.25, 0.3) is 27.8 Å². The van der Waals surface area contributed by atoms with Crippen LogP contribution >= 0.6 is 0 Å². The van der Waals surface area contributed by atoms with Gasteiger partial charge in [0.15, 0.2) is 5.82 Å². The van der Waals surface area contributed by atoms with Crippen LogP contribution in [0.3, 0.4) is 0 Å². The Kier molecular flexibility index (Phi) is 5.22. The molecule has 32 heavy (non-hydrogen) atoms. The number of nitrogens with zero attached hydrogens (tertiary/aromatic N) is 5. The third-order valence-electron chi connectivity index (χ3n) is 6.07. The van der Waals surface area contributed by atoms with Crippen LogP contribution in [0.4, 0.5) is 11.6 Å². The Bertz CT molecular complexity index is 1270. The van der Waals surface area contributed by atoms with Crippen molar-refractivity contribution >= 4 is 22.7 Å². The summed E-state index contributed by atoms with van der Waals surface area (Å²) in [5.74, 6) is 1.11. The normalized spacial score (nSPS) is 18.3. The number of hydrogen-bond donors (Lipinski definition) is 3. The standard InChI is InChI=1S/C24H27N7O/c1-3-20-24(28-16-6-9-18(32)10-16)30-21-19(12-26-23(25)22(21)29-20)15-11-27-31(13-15)17-7-4-14(2)5-8-17/h4-5,7-8,11-13,16,18,32H,3,6,9-10H2,1-2H3,(H2,25,26)(H,28,30)/t16-,18+/m1/s1. The van der Waals surface area contributed by atoms with Gasteiger partial charge in [-0.2, -0.15) is 5.10 Å². The maximum atomic E-state index is 9.91. The van der Waals surface area contributed by atoms with Crippen LogP contribution in [0.15, 0.2) is 42.9 Å². The summed E-state index contributed by atoms with van der Waals surface area (Å²) in [5, 5.41) is 17.9. The van der Waals surface area contributed by atoms with Gasteiger partial charge in [0.05, 0.1) is 23.7 Å². The highest BCUT2D eigenvalue weighted by Crippen LogP contribution is 2.32. The summed E-state index contributed by atoms with van der Waals surface area (Å²) in [6, 6.07) is 8.39. The zero-order chi connectivity index (χ0) is 22.2. The number of aryl methyl sites for hydroxylation is 2. The summed E-state index contributed by atoms with van der Waals surface area (Å²) in [4.78, 5) is 14.1. The highest BCUT2D eigenvalue weighted by Gasteiger charge is 2.24. The molecule has 0 spiro atoms. The van der Waals surface area contributed by atoms with Crippen molar-refractivity contribution in [1.29, 1.82) is 0 Å². The highest BCUT2D eigenvalue weighted by molar-refractivity contribution is 5.96. The summed E-state index contributed by atoms with van der Waals surface area (Å²) in [7, 11) is 0. The van der Waals surface area contributed by atoms with Crippen molar-refractivity contribution in [3.8, 4) is 16.8 Å². The van der Waals surface area contributed by atoms with Crippen molar-refractivity contribution in [1.82, 2.24) is 24.7 Å². The summed E-state index contributed by atoms with van der Waals surface area (Å²) in [5.41, 5.74) is 12.2. The van der Waals surface area contributed by atoms with Crippen LogP contribution in [-0.4, -0.2) is 42.0 Å². The minimum atomic E-state index is -0.256. The molecule has 3 heterocycles. The van der Waals surface area contributed by atoms with Gasteiger partial charge in [0.25, 0.3) is 0 Å². The van der Waals surface area contributed by atoms with E-state index < -0.39 is 0 Å². The van der Waals surface area contributed by atoms with Gasteiger partial charge in [-0.3, -0.25) is 0 Å². The van der Waals surface area contributed by atoms with E-state index in [1.54, 1.807) is 6.20 Å². The highest BCUT2D eigenvalue weighted by atomic mass is 16.3. The molecule has 0 unspecified atom stereocenters. The Hall–Kier alpha value is -3.52. The molecule has 1 saturated carbocycles. The van der Waals surface area contributed by atoms with Crippen LogP contribution in [0, 0.1) is 6.92 Å². The van der Waals surface area contributed by atoms with Crippen molar-refractivity contribution in [2.24, 2.45) is 0 Å². The molecule has 0 amide bonds. The van der Waals surface area contributed by atoms with Crippen molar-refractivity contribution in [3.05, 3.63) is 54.1 Å². The largest absolute Gasteiger partial charge is 0.393 e. The number of aromatic nitrogens is 5. The molecule has 0 radical (unpaired) electrons. The molecule has 0 saturated heterocycles. The Morgan fingerprint density at radius 2 is 1.94 bits per heavy atom. The Balaban J connectivity index is 1.58. The summed E-state index contributed by atoms with van der Waals surface area (Å²) >= 11 is 0. The molecular weight excluding hydrogens is 402 g/mol. The predicted octanol–water partition coefficient (Wildman–Crippen LogP) is 3.66. The zero-order valence-corrected chi connectivity index (χ0v) is 18.3. The van der Waals surface area contributed by atoms with Gasteiger partial charge < -0.3 is 16.2 Å². The maximum absolute atomic E-state index is 9.91. The fourth-order valence-corrected chi connectivity index (χ4v) is 4.25. The minimum Gasteiger partial charge on any atom is -0.393 e. The van der Waals surface area contributed by atoms with E-state index in [4.69, 9.17) is 15.7 Å². The Morgan fingerprint density at radius 3 is 2.66 bits per heavy atom. The number of anilines is 2. The van der Waals surface area contributed by atoms with Crippen LogP contribution < -0.4 is 11.1 Å². The summed E-state index contributed by atoms with van der Waals surface area (Å²) in [6.07, 6.45) is 8.41. The number of hydrogen-bond acceptors (Lipinski definition) is 7. The first-order valence-electron chi connectivity index (χ1n) is 11.0. The van der Waals surface area contributed by atoms with E-state index in [9.17, 15) is 5.11 Å². The van der Waals surface area contributed by atoms with E-state index in [0.29, 0.717) is 16.9 Å². The van der Waals surface area contributed by atoms with Gasteiger partial charge in [0, 0.05) is 29.6 Å². The van der Waals surface area contributed by atoms with Crippen molar-refractivity contribution < 1.29 is 5.11 Å². The molecule has 4 aromatic rings. The molecular formula is C24H27N7O. The molecule has 0 aliphatic heterocycles. The Morgan fingerprint density at radius 1 is 1.12 bits per heavy atom. The third-order valence-corrected chi connectivity index (χ3v) is 6.07. The first-order chi connectivity index (χ1) is 15.5. The van der Waals surface area contributed by atoms with Gasteiger partial charge in [-0.15, -0.1) is 0 Å². The van der Waals surface area contributed by atoms with Crippen LogP contribution in [0.1, 0.15) is 37.4 Å². The lowest BCUT2D eigenvalue weighted by molar-refractivity contribution is 0.182. The number of rotatable bonds is 5. The number of nitrogens with two attached hydrogens (primary N) is 1. The van der Waals surface area contributed by atoms with E-state index in [1.807, 2.05) is 36.1 Å². The summed E-state index contributed by atoms with van der Waals surface area (Å²) < 4.78 is 1.84. The van der Waals surface area contributed by atoms with Crippen LogP contribution in [0.5, 0.6) is 0 Å². The molecule has 1 aliphatic carbocycles. The topological polar surface area (TPSA) is 115 Å². The van der Waals surface area contributed by atoms with Crippen molar-refractivity contribution in [3.63, 3.8) is 0 Å². The van der Waals surface area contributed by atoms with E-state index in [2.05, 4.69) is 34.5 Å². The third kappa shape index (κ3) is 3.78. The quantitative estimate of drug-likeness (QED) is 0.443. The number of pyridine rings is 1. The maximum Gasteiger partial charge on any atom is 0.151 e. The number of fused-ring (bicyclic) bond motifs is 1. The molecule has 1 fully saturated rings.